The van der Waals surface area contributed by atoms with Gasteiger partial charge in [-0.1, -0.05) is 25.5 Å². The summed E-state index contributed by atoms with van der Waals surface area (Å²) < 4.78 is 0. The summed E-state index contributed by atoms with van der Waals surface area (Å²) in [4.78, 5) is 2.53. The molecule has 1 fully saturated rings. The van der Waals surface area contributed by atoms with Gasteiger partial charge in [0, 0.05) is 32.7 Å². The zero-order valence-electron chi connectivity index (χ0n) is 8.76. The molecule has 0 amide bonds. The number of piperazine rings is 1. The fourth-order valence-corrected chi connectivity index (χ4v) is 1.59. The summed E-state index contributed by atoms with van der Waals surface area (Å²) in [6.07, 6.45) is 8.36. The van der Waals surface area contributed by atoms with Crippen LogP contribution in [0.2, 0.25) is 0 Å². The van der Waals surface area contributed by atoms with Gasteiger partial charge in [0.15, 0.2) is 0 Å². The highest BCUT2D eigenvalue weighted by Gasteiger charge is 2.06. The topological polar surface area (TPSA) is 15.3 Å². The Kier molecular flexibility index (Phi) is 5.87. The van der Waals surface area contributed by atoms with E-state index in [0.717, 1.165) is 0 Å². The molecule has 1 heterocycles. The van der Waals surface area contributed by atoms with Gasteiger partial charge in [-0.15, -0.1) is 0 Å². The molecule has 0 radical (unpaired) electrons. The van der Waals surface area contributed by atoms with Gasteiger partial charge in [-0.05, 0) is 12.8 Å². The molecular weight excluding hydrogens is 160 g/mol. The zero-order valence-corrected chi connectivity index (χ0v) is 8.76. The van der Waals surface area contributed by atoms with Crippen LogP contribution in [0.3, 0.4) is 0 Å². The molecule has 1 aliphatic heterocycles. The molecule has 0 saturated carbocycles. The van der Waals surface area contributed by atoms with E-state index in [2.05, 4.69) is 29.3 Å². The van der Waals surface area contributed by atoms with Gasteiger partial charge in [-0.3, -0.25) is 0 Å². The molecule has 1 saturated heterocycles. The van der Waals surface area contributed by atoms with Gasteiger partial charge < -0.3 is 10.2 Å². The second kappa shape index (κ2) is 7.10. The molecule has 0 unspecified atom stereocenters. The smallest absolute Gasteiger partial charge is 0.0107 e. The number of nitrogens with zero attached hydrogens (tertiary/aromatic N) is 1. The Morgan fingerprint density at radius 1 is 1.15 bits per heavy atom. The maximum absolute atomic E-state index is 3.37. The van der Waals surface area contributed by atoms with Crippen molar-refractivity contribution >= 4 is 0 Å². The van der Waals surface area contributed by atoms with Gasteiger partial charge in [0.25, 0.3) is 0 Å². The van der Waals surface area contributed by atoms with Crippen molar-refractivity contribution in [3.05, 3.63) is 12.2 Å². The highest BCUT2D eigenvalue weighted by Crippen LogP contribution is 1.96. The molecule has 0 aliphatic carbocycles. The normalized spacial score (nSPS) is 19.8. The molecule has 0 aromatic rings. The van der Waals surface area contributed by atoms with E-state index >= 15 is 0 Å². The van der Waals surface area contributed by atoms with Crippen LogP contribution < -0.4 is 5.32 Å². The van der Waals surface area contributed by atoms with E-state index in [1.807, 2.05) is 0 Å². The third-order valence-electron chi connectivity index (χ3n) is 2.44. The van der Waals surface area contributed by atoms with Crippen molar-refractivity contribution in [2.24, 2.45) is 0 Å². The number of rotatable bonds is 5. The second-order valence-corrected chi connectivity index (χ2v) is 3.64. The molecule has 1 N–H and O–H groups in total. The van der Waals surface area contributed by atoms with Crippen LogP contribution in [0, 0.1) is 0 Å². The first-order valence-corrected chi connectivity index (χ1v) is 5.51. The van der Waals surface area contributed by atoms with Gasteiger partial charge in [-0.25, -0.2) is 0 Å². The molecule has 13 heavy (non-hydrogen) atoms. The fraction of sp³-hybridized carbons (Fsp3) is 0.818. The number of unbranched alkanes of at least 4 members (excludes halogenated alkanes) is 1. The molecule has 2 nitrogen and oxygen atoms in total. The summed E-state index contributed by atoms with van der Waals surface area (Å²) in [6.45, 7) is 8.24. The molecule has 0 spiro atoms. The first-order valence-electron chi connectivity index (χ1n) is 5.51. The highest BCUT2D eigenvalue weighted by atomic mass is 15.2. The van der Waals surface area contributed by atoms with E-state index in [4.69, 9.17) is 0 Å². The van der Waals surface area contributed by atoms with E-state index < -0.39 is 0 Å². The summed E-state index contributed by atoms with van der Waals surface area (Å²) in [6, 6.07) is 0. The van der Waals surface area contributed by atoms with E-state index in [1.54, 1.807) is 0 Å². The highest BCUT2D eigenvalue weighted by molar-refractivity contribution is 4.82. The van der Waals surface area contributed by atoms with Crippen LogP contribution in [0.15, 0.2) is 12.2 Å². The van der Waals surface area contributed by atoms with E-state index in [0.29, 0.717) is 0 Å². The van der Waals surface area contributed by atoms with Crippen molar-refractivity contribution in [1.29, 1.82) is 0 Å². The molecule has 0 bridgehead atoms. The van der Waals surface area contributed by atoms with Crippen molar-refractivity contribution in [1.82, 2.24) is 10.2 Å². The molecule has 1 rings (SSSR count). The summed E-state index contributed by atoms with van der Waals surface area (Å²) in [5, 5.41) is 3.37. The average molecular weight is 182 g/mol. The molecule has 1 aliphatic rings. The lowest BCUT2D eigenvalue weighted by atomic mass is 10.2. The minimum Gasteiger partial charge on any atom is -0.314 e. The van der Waals surface area contributed by atoms with Gasteiger partial charge in [0.1, 0.15) is 0 Å². The Labute approximate surface area is 82.0 Å². The summed E-state index contributed by atoms with van der Waals surface area (Å²) in [5.74, 6) is 0. The minimum atomic E-state index is 1.17. The molecule has 2 heteroatoms. The van der Waals surface area contributed by atoms with E-state index in [-0.39, 0.29) is 0 Å². The Hall–Kier alpha value is -0.340. The van der Waals surface area contributed by atoms with Gasteiger partial charge >= 0.3 is 0 Å². The SMILES string of the molecule is CCC/C=C/CCN1CCNCC1. The van der Waals surface area contributed by atoms with Crippen LogP contribution in [0.25, 0.3) is 0 Å². The third-order valence-corrected chi connectivity index (χ3v) is 2.44. The average Bonchev–Trinajstić information content (AvgIpc) is 2.19. The number of hydrogen-bond acceptors (Lipinski definition) is 2. The van der Waals surface area contributed by atoms with Crippen LogP contribution in [0.4, 0.5) is 0 Å². The van der Waals surface area contributed by atoms with Crippen LogP contribution >= 0.6 is 0 Å². The van der Waals surface area contributed by atoms with E-state index in [1.165, 1.54) is 52.0 Å². The predicted octanol–water partition coefficient (Wildman–Crippen LogP) is 1.64. The molecule has 0 atom stereocenters. The lowest BCUT2D eigenvalue weighted by Gasteiger charge is -2.26. The second-order valence-electron chi connectivity index (χ2n) is 3.64. The minimum absolute atomic E-state index is 1.17. The maximum atomic E-state index is 3.37. The van der Waals surface area contributed by atoms with Crippen molar-refractivity contribution in [2.45, 2.75) is 26.2 Å². The Bertz CT molecular complexity index is 137. The molecule has 0 aromatic carbocycles. The van der Waals surface area contributed by atoms with E-state index in [9.17, 15) is 0 Å². The van der Waals surface area contributed by atoms with Gasteiger partial charge in [0.05, 0.1) is 0 Å². The molecule has 76 valence electrons. The van der Waals surface area contributed by atoms with Crippen LogP contribution in [-0.2, 0) is 0 Å². The van der Waals surface area contributed by atoms with Crippen molar-refractivity contribution in [3.8, 4) is 0 Å². The lowest BCUT2D eigenvalue weighted by molar-refractivity contribution is 0.245. The number of hydrogen-bond donors (Lipinski definition) is 1. The third kappa shape index (κ3) is 5.06. The summed E-state index contributed by atoms with van der Waals surface area (Å²) in [5.41, 5.74) is 0. The largest absolute Gasteiger partial charge is 0.314 e. The lowest BCUT2D eigenvalue weighted by Crippen LogP contribution is -2.43. The van der Waals surface area contributed by atoms with Gasteiger partial charge in [0.2, 0.25) is 0 Å². The summed E-state index contributed by atoms with van der Waals surface area (Å²) in [7, 11) is 0. The number of nitrogens with one attached hydrogen (secondary N) is 1. The quantitative estimate of drug-likeness (QED) is 0.650. The first-order chi connectivity index (χ1) is 6.43. The van der Waals surface area contributed by atoms with Gasteiger partial charge in [-0.2, -0.15) is 0 Å². The monoisotopic (exact) mass is 182 g/mol. The van der Waals surface area contributed by atoms with Crippen molar-refractivity contribution in [3.63, 3.8) is 0 Å². The Morgan fingerprint density at radius 3 is 2.54 bits per heavy atom. The summed E-state index contributed by atoms with van der Waals surface area (Å²) >= 11 is 0. The Morgan fingerprint density at radius 2 is 1.85 bits per heavy atom. The van der Waals surface area contributed by atoms with Crippen LogP contribution in [0.1, 0.15) is 26.2 Å². The standard InChI is InChI=1S/C11H22N2/c1-2-3-4-5-6-9-13-10-7-12-8-11-13/h4-5,12H,2-3,6-11H2,1H3/b5-4+. The number of allylic oxidation sites excluding steroid dienone is 1. The predicted molar refractivity (Wildman–Crippen MR) is 58.0 cm³/mol. The van der Waals surface area contributed by atoms with Crippen molar-refractivity contribution in [2.75, 3.05) is 32.7 Å². The maximum Gasteiger partial charge on any atom is 0.0107 e. The first kappa shape index (κ1) is 10.7. The van der Waals surface area contributed by atoms with Crippen molar-refractivity contribution < 1.29 is 0 Å². The van der Waals surface area contributed by atoms with Crippen LogP contribution in [0.5, 0.6) is 0 Å². The molecular formula is C11H22N2. The molecule has 0 aromatic heterocycles. The Balaban J connectivity index is 1.97. The van der Waals surface area contributed by atoms with Crippen LogP contribution in [-0.4, -0.2) is 37.6 Å². The fourth-order valence-electron chi connectivity index (χ4n) is 1.59. The zero-order chi connectivity index (χ0) is 9.36.